The second kappa shape index (κ2) is 7.55. The Morgan fingerprint density at radius 3 is 2.70 bits per heavy atom. The van der Waals surface area contributed by atoms with Crippen molar-refractivity contribution in [3.05, 3.63) is 93.7 Å². The predicted molar refractivity (Wildman–Crippen MR) is 113 cm³/mol. The quantitative estimate of drug-likeness (QED) is 0.665. The minimum Gasteiger partial charge on any atom is -0.311 e. The molecule has 0 amide bonds. The van der Waals surface area contributed by atoms with E-state index in [2.05, 4.69) is 17.0 Å². The van der Waals surface area contributed by atoms with Gasteiger partial charge in [0.25, 0.3) is 5.56 Å². The summed E-state index contributed by atoms with van der Waals surface area (Å²) in [6, 6.07) is 20.1. The van der Waals surface area contributed by atoms with E-state index in [1.54, 1.807) is 24.3 Å². The first-order valence-electron chi connectivity index (χ1n) is 10.3. The number of rotatable bonds is 3. The predicted octanol–water partition coefficient (Wildman–Crippen LogP) is 4.15. The van der Waals surface area contributed by atoms with Gasteiger partial charge < -0.3 is 4.57 Å². The Balaban J connectivity index is 1.51. The zero-order chi connectivity index (χ0) is 20.7. The highest BCUT2D eigenvalue weighted by molar-refractivity contribution is 5.67. The summed E-state index contributed by atoms with van der Waals surface area (Å²) < 4.78 is 16.4. The molecule has 0 radical (unpaired) electrons. The molecule has 5 rings (SSSR count). The van der Waals surface area contributed by atoms with E-state index < -0.39 is 0 Å². The van der Waals surface area contributed by atoms with Gasteiger partial charge in [0.05, 0.1) is 11.6 Å². The molecule has 2 bridgehead atoms. The van der Waals surface area contributed by atoms with Gasteiger partial charge in [-0.25, -0.2) is 4.39 Å². The Bertz CT molecular complexity index is 1210. The second-order valence-corrected chi connectivity index (χ2v) is 8.37. The molecule has 1 saturated heterocycles. The van der Waals surface area contributed by atoms with Crippen LogP contribution in [0.25, 0.3) is 11.1 Å². The fourth-order valence-corrected chi connectivity index (χ4v) is 5.15. The van der Waals surface area contributed by atoms with E-state index in [1.807, 2.05) is 28.8 Å². The monoisotopic (exact) mass is 399 g/mol. The van der Waals surface area contributed by atoms with Crippen LogP contribution in [0.5, 0.6) is 0 Å². The number of halogens is 1. The number of hydrogen-bond acceptors (Lipinski definition) is 3. The van der Waals surface area contributed by atoms with Crippen molar-refractivity contribution < 1.29 is 4.39 Å². The topological polar surface area (TPSA) is 49.0 Å². The number of nitriles is 1. The van der Waals surface area contributed by atoms with Crippen molar-refractivity contribution in [2.75, 3.05) is 13.1 Å². The number of nitrogens with zero attached hydrogens (tertiary/aromatic N) is 3. The Hall–Kier alpha value is -3.23. The largest absolute Gasteiger partial charge is 0.311 e. The molecule has 2 atom stereocenters. The van der Waals surface area contributed by atoms with E-state index in [0.717, 1.165) is 42.9 Å². The molecule has 3 aromatic rings. The van der Waals surface area contributed by atoms with Gasteiger partial charge in [0.15, 0.2) is 0 Å². The van der Waals surface area contributed by atoms with Gasteiger partial charge in [0, 0.05) is 55.0 Å². The smallest absolute Gasteiger partial charge is 0.250 e. The highest BCUT2D eigenvalue weighted by atomic mass is 19.1. The van der Waals surface area contributed by atoms with Crippen LogP contribution in [0.15, 0.2) is 65.5 Å². The van der Waals surface area contributed by atoms with Crippen molar-refractivity contribution in [2.45, 2.75) is 25.4 Å². The number of likely N-dealkylation sites (tertiary alicyclic amines) is 1. The summed E-state index contributed by atoms with van der Waals surface area (Å²) in [7, 11) is 0. The molecule has 2 aromatic carbocycles. The summed E-state index contributed by atoms with van der Waals surface area (Å²) in [6.07, 6.45) is 1.01. The molecule has 0 saturated carbocycles. The fraction of sp³-hybridized carbons (Fsp3) is 0.280. The third-order valence-corrected chi connectivity index (χ3v) is 6.29. The first-order valence-corrected chi connectivity index (χ1v) is 10.3. The van der Waals surface area contributed by atoms with Crippen LogP contribution in [0.3, 0.4) is 0 Å². The van der Waals surface area contributed by atoms with Crippen LogP contribution in [0, 0.1) is 23.1 Å². The Morgan fingerprint density at radius 1 is 1.00 bits per heavy atom. The van der Waals surface area contributed by atoms with Crippen molar-refractivity contribution in [2.24, 2.45) is 5.92 Å². The van der Waals surface area contributed by atoms with E-state index in [-0.39, 0.29) is 17.3 Å². The van der Waals surface area contributed by atoms with Crippen LogP contribution in [0.4, 0.5) is 4.39 Å². The molecule has 0 aliphatic carbocycles. The summed E-state index contributed by atoms with van der Waals surface area (Å²) >= 11 is 0. The van der Waals surface area contributed by atoms with Crippen LogP contribution in [0.1, 0.15) is 29.2 Å². The molecular formula is C25H22FN3O. The van der Waals surface area contributed by atoms with Crippen LogP contribution in [0.2, 0.25) is 0 Å². The van der Waals surface area contributed by atoms with Crippen molar-refractivity contribution in [3.8, 4) is 17.2 Å². The molecule has 2 aliphatic rings. The number of benzene rings is 2. The number of hydrogen-bond donors (Lipinski definition) is 0. The van der Waals surface area contributed by atoms with Crippen molar-refractivity contribution in [1.82, 2.24) is 9.47 Å². The molecule has 5 heteroatoms. The van der Waals surface area contributed by atoms with Crippen molar-refractivity contribution in [3.63, 3.8) is 0 Å². The number of aromatic nitrogens is 1. The second-order valence-electron chi connectivity index (χ2n) is 8.37. The summed E-state index contributed by atoms with van der Waals surface area (Å²) in [5.41, 5.74) is 4.12. The maximum atomic E-state index is 14.6. The van der Waals surface area contributed by atoms with Gasteiger partial charge in [0.2, 0.25) is 0 Å². The van der Waals surface area contributed by atoms with E-state index in [0.29, 0.717) is 23.6 Å². The third-order valence-electron chi connectivity index (χ3n) is 6.29. The molecule has 1 aromatic heterocycles. The summed E-state index contributed by atoms with van der Waals surface area (Å²) in [5.74, 6) is 0.311. The van der Waals surface area contributed by atoms with Gasteiger partial charge in [-0.15, -0.1) is 0 Å². The van der Waals surface area contributed by atoms with Gasteiger partial charge in [0.1, 0.15) is 5.82 Å². The van der Waals surface area contributed by atoms with E-state index in [1.165, 1.54) is 6.07 Å². The number of pyridine rings is 1. The molecule has 1 fully saturated rings. The Labute approximate surface area is 174 Å². The molecule has 2 aliphatic heterocycles. The SMILES string of the molecule is N#Cc1cccc(CN2CC3CC(C2)c2c(-c4ccccc4F)ccc(=O)n2C3)c1. The van der Waals surface area contributed by atoms with Gasteiger partial charge in [-0.1, -0.05) is 30.3 Å². The van der Waals surface area contributed by atoms with Crippen LogP contribution < -0.4 is 5.56 Å². The van der Waals surface area contributed by atoms with Gasteiger partial charge in [-0.3, -0.25) is 9.69 Å². The van der Waals surface area contributed by atoms with E-state index in [9.17, 15) is 9.18 Å². The van der Waals surface area contributed by atoms with Gasteiger partial charge in [-0.05, 0) is 42.2 Å². The highest BCUT2D eigenvalue weighted by Gasteiger charge is 2.36. The standard InChI is InChI=1S/C25H22FN3O/c26-23-7-2-1-6-21(23)22-8-9-24(30)29-15-19-11-20(25(22)29)16-28(14-19)13-18-5-3-4-17(10-18)12-27/h1-10,19-20H,11,13-16H2. The normalized spacial score (nSPS) is 20.4. The Morgan fingerprint density at radius 2 is 1.87 bits per heavy atom. The van der Waals surface area contributed by atoms with Crippen LogP contribution in [-0.2, 0) is 13.1 Å². The lowest BCUT2D eigenvalue weighted by Gasteiger charge is -2.43. The van der Waals surface area contributed by atoms with Gasteiger partial charge >= 0.3 is 0 Å². The molecule has 30 heavy (non-hydrogen) atoms. The average molecular weight is 399 g/mol. The zero-order valence-corrected chi connectivity index (χ0v) is 16.6. The van der Waals surface area contributed by atoms with Crippen molar-refractivity contribution >= 4 is 0 Å². The minimum atomic E-state index is -0.262. The lowest BCUT2D eigenvalue weighted by atomic mass is 9.80. The van der Waals surface area contributed by atoms with E-state index in [4.69, 9.17) is 5.26 Å². The first kappa shape index (κ1) is 18.8. The molecular weight excluding hydrogens is 377 g/mol. The Kier molecular flexibility index (Phi) is 4.72. The summed E-state index contributed by atoms with van der Waals surface area (Å²) in [4.78, 5) is 15.0. The van der Waals surface area contributed by atoms with Crippen LogP contribution in [-0.4, -0.2) is 22.6 Å². The number of fused-ring (bicyclic) bond motifs is 4. The lowest BCUT2D eigenvalue weighted by molar-refractivity contribution is 0.115. The zero-order valence-electron chi connectivity index (χ0n) is 16.6. The molecule has 150 valence electrons. The fourth-order valence-electron chi connectivity index (χ4n) is 5.15. The van der Waals surface area contributed by atoms with Crippen molar-refractivity contribution in [1.29, 1.82) is 5.26 Å². The third kappa shape index (κ3) is 3.34. The lowest BCUT2D eigenvalue weighted by Crippen LogP contribution is -2.47. The molecule has 2 unspecified atom stereocenters. The number of piperidine rings is 1. The molecule has 0 spiro atoms. The average Bonchev–Trinajstić information content (AvgIpc) is 2.75. The minimum absolute atomic E-state index is 0.00467. The van der Waals surface area contributed by atoms with Crippen LogP contribution >= 0.6 is 0 Å². The van der Waals surface area contributed by atoms with Gasteiger partial charge in [-0.2, -0.15) is 5.26 Å². The molecule has 4 nitrogen and oxygen atoms in total. The molecule has 3 heterocycles. The first-order chi connectivity index (χ1) is 14.6. The van der Waals surface area contributed by atoms with E-state index >= 15 is 0 Å². The maximum absolute atomic E-state index is 14.6. The highest BCUT2D eigenvalue weighted by Crippen LogP contribution is 2.40. The summed E-state index contributed by atoms with van der Waals surface area (Å²) in [6.45, 7) is 3.18. The maximum Gasteiger partial charge on any atom is 0.250 e. The summed E-state index contributed by atoms with van der Waals surface area (Å²) in [5, 5.41) is 9.17. The molecule has 0 N–H and O–H groups in total.